The third-order valence-corrected chi connectivity index (χ3v) is 19.4. The fourth-order valence-corrected chi connectivity index (χ4v) is 13.1. The Hall–Kier alpha value is -1.94. The van der Waals surface area contributed by atoms with E-state index in [0.717, 1.165) is 95.8 Å². The summed E-state index contributed by atoms with van der Waals surface area (Å²) in [6, 6.07) is 0. The number of carbonyl (C=O) groups is 4. The number of aliphatic hydroxyl groups excluding tert-OH is 1. The van der Waals surface area contributed by atoms with E-state index in [9.17, 15) is 43.2 Å². The standard InChI is InChI=1S/C75H146O17P2/c1-6-9-12-15-18-21-24-26-28-34-39-44-49-54-59-73(78)86-65-71(92-75(80)61-56-51-46-41-36-31-30-33-37-42-47-52-57-68(4)5)67-90-94(83,84)88-63-69(76)62-87-93(81,82)89-66-70(64-85-72(77)58-53-48-43-38-32-23-20-17-14-11-8-3)91-74(79)60-55-50-45-40-35-29-27-25-22-19-16-13-10-7-2/h68-71,76H,6-67H2,1-5H3,(H,81,82)(H,83,84)/t69-,70+,71+/m0/s1. The summed E-state index contributed by atoms with van der Waals surface area (Å²) in [7, 11) is -9.91. The summed E-state index contributed by atoms with van der Waals surface area (Å²) < 4.78 is 68.5. The quantitative estimate of drug-likeness (QED) is 0.0222. The molecule has 0 aliphatic carbocycles. The minimum atomic E-state index is -4.96. The van der Waals surface area contributed by atoms with Gasteiger partial charge in [-0.3, -0.25) is 37.3 Å². The summed E-state index contributed by atoms with van der Waals surface area (Å²) in [5.41, 5.74) is 0. The molecule has 0 saturated heterocycles. The number of phosphoric ester groups is 2. The fraction of sp³-hybridized carbons (Fsp3) is 0.947. The van der Waals surface area contributed by atoms with Crippen LogP contribution in [-0.2, 0) is 65.4 Å². The minimum Gasteiger partial charge on any atom is -0.462 e. The predicted molar refractivity (Wildman–Crippen MR) is 382 cm³/mol. The van der Waals surface area contributed by atoms with Crippen molar-refractivity contribution in [2.24, 2.45) is 5.92 Å². The Balaban J connectivity index is 5.26. The molecule has 5 atom stereocenters. The number of carbonyl (C=O) groups excluding carboxylic acids is 4. The van der Waals surface area contributed by atoms with E-state index in [2.05, 4.69) is 34.6 Å². The Labute approximate surface area is 575 Å². The highest BCUT2D eigenvalue weighted by molar-refractivity contribution is 7.47. The van der Waals surface area contributed by atoms with Gasteiger partial charge < -0.3 is 33.8 Å². The lowest BCUT2D eigenvalue weighted by Crippen LogP contribution is -2.30. The molecular formula is C75H146O17P2. The first-order chi connectivity index (χ1) is 45.5. The van der Waals surface area contributed by atoms with Crippen LogP contribution in [0.3, 0.4) is 0 Å². The first-order valence-electron chi connectivity index (χ1n) is 39.1. The Kier molecular flexibility index (Phi) is 66.8. The molecule has 3 N–H and O–H groups in total. The van der Waals surface area contributed by atoms with Crippen LogP contribution in [0.25, 0.3) is 0 Å². The van der Waals surface area contributed by atoms with Crippen LogP contribution < -0.4 is 0 Å². The largest absolute Gasteiger partial charge is 0.472 e. The van der Waals surface area contributed by atoms with Crippen molar-refractivity contribution in [3.8, 4) is 0 Å². The van der Waals surface area contributed by atoms with Crippen molar-refractivity contribution in [2.75, 3.05) is 39.6 Å². The zero-order valence-electron chi connectivity index (χ0n) is 61.1. The number of ether oxygens (including phenoxy) is 4. The highest BCUT2D eigenvalue weighted by atomic mass is 31.2. The van der Waals surface area contributed by atoms with Crippen LogP contribution in [0.4, 0.5) is 0 Å². The van der Waals surface area contributed by atoms with Gasteiger partial charge in [-0.15, -0.1) is 0 Å². The second kappa shape index (κ2) is 68.2. The maximum atomic E-state index is 13.1. The lowest BCUT2D eigenvalue weighted by atomic mass is 10.0. The summed E-state index contributed by atoms with van der Waals surface area (Å²) >= 11 is 0. The lowest BCUT2D eigenvalue weighted by molar-refractivity contribution is -0.161. The van der Waals surface area contributed by atoms with E-state index in [1.54, 1.807) is 0 Å². The molecule has 94 heavy (non-hydrogen) atoms. The van der Waals surface area contributed by atoms with E-state index >= 15 is 0 Å². The number of hydrogen-bond donors (Lipinski definition) is 3. The summed E-state index contributed by atoms with van der Waals surface area (Å²) in [5.74, 6) is -1.33. The van der Waals surface area contributed by atoms with E-state index in [1.807, 2.05) is 0 Å². The first-order valence-corrected chi connectivity index (χ1v) is 42.1. The Morgan fingerprint density at radius 2 is 0.489 bits per heavy atom. The van der Waals surface area contributed by atoms with Gasteiger partial charge in [-0.05, 0) is 31.6 Å². The third-order valence-electron chi connectivity index (χ3n) is 17.5. The predicted octanol–water partition coefficient (Wildman–Crippen LogP) is 22.1. The molecular weight excluding hydrogens is 1230 g/mol. The van der Waals surface area contributed by atoms with E-state index in [4.69, 9.17) is 37.0 Å². The molecule has 19 heteroatoms. The minimum absolute atomic E-state index is 0.108. The van der Waals surface area contributed by atoms with Crippen molar-refractivity contribution in [3.05, 3.63) is 0 Å². The van der Waals surface area contributed by atoms with Crippen LogP contribution >= 0.6 is 15.6 Å². The smallest absolute Gasteiger partial charge is 0.462 e. The molecule has 0 spiro atoms. The van der Waals surface area contributed by atoms with Crippen LogP contribution in [0.5, 0.6) is 0 Å². The number of rotatable bonds is 75. The molecule has 0 aliphatic rings. The first kappa shape index (κ1) is 92.1. The molecule has 2 unspecified atom stereocenters. The monoisotopic (exact) mass is 1380 g/mol. The van der Waals surface area contributed by atoms with Crippen molar-refractivity contribution < 1.29 is 80.2 Å². The number of aliphatic hydroxyl groups is 1. The molecule has 0 heterocycles. The van der Waals surface area contributed by atoms with Gasteiger partial charge in [0, 0.05) is 25.7 Å². The molecule has 0 amide bonds. The summed E-state index contributed by atoms with van der Waals surface area (Å²) in [6.45, 7) is 7.30. The summed E-state index contributed by atoms with van der Waals surface area (Å²) in [6.07, 6.45) is 56.6. The van der Waals surface area contributed by atoms with Crippen molar-refractivity contribution in [2.45, 2.75) is 412 Å². The normalized spacial score (nSPS) is 14.0. The fourth-order valence-electron chi connectivity index (χ4n) is 11.5. The van der Waals surface area contributed by atoms with Crippen molar-refractivity contribution in [1.29, 1.82) is 0 Å². The Morgan fingerprint density at radius 3 is 0.723 bits per heavy atom. The maximum Gasteiger partial charge on any atom is 0.472 e. The zero-order chi connectivity index (χ0) is 69.1. The van der Waals surface area contributed by atoms with Gasteiger partial charge in [0.15, 0.2) is 12.2 Å². The van der Waals surface area contributed by atoms with E-state index in [-0.39, 0.29) is 25.7 Å². The zero-order valence-corrected chi connectivity index (χ0v) is 62.9. The molecule has 0 aromatic rings. The molecule has 0 aromatic carbocycles. The molecule has 0 aliphatic heterocycles. The molecule has 0 rings (SSSR count). The van der Waals surface area contributed by atoms with E-state index < -0.39 is 97.5 Å². The van der Waals surface area contributed by atoms with Gasteiger partial charge >= 0.3 is 39.5 Å². The van der Waals surface area contributed by atoms with Gasteiger partial charge in [-0.25, -0.2) is 9.13 Å². The number of phosphoric acid groups is 2. The van der Waals surface area contributed by atoms with Crippen molar-refractivity contribution in [3.63, 3.8) is 0 Å². The summed E-state index contributed by atoms with van der Waals surface area (Å²) in [4.78, 5) is 72.8. The number of hydrogen-bond acceptors (Lipinski definition) is 15. The molecule has 558 valence electrons. The van der Waals surface area contributed by atoms with Gasteiger partial charge in [-0.2, -0.15) is 0 Å². The molecule has 0 radical (unpaired) electrons. The highest BCUT2D eigenvalue weighted by Crippen LogP contribution is 2.45. The highest BCUT2D eigenvalue weighted by Gasteiger charge is 2.30. The molecule has 0 saturated carbocycles. The average Bonchev–Trinajstić information content (AvgIpc) is 2.46. The van der Waals surface area contributed by atoms with Crippen LogP contribution in [0.15, 0.2) is 0 Å². The molecule has 0 aromatic heterocycles. The third kappa shape index (κ3) is 68.6. The second-order valence-corrected chi connectivity index (χ2v) is 30.4. The summed E-state index contributed by atoms with van der Waals surface area (Å²) in [5, 5.41) is 10.6. The van der Waals surface area contributed by atoms with E-state index in [1.165, 1.54) is 218 Å². The lowest BCUT2D eigenvalue weighted by Gasteiger charge is -2.21. The number of unbranched alkanes of at least 4 members (excludes halogenated alkanes) is 47. The molecule has 0 fully saturated rings. The van der Waals surface area contributed by atoms with Crippen molar-refractivity contribution in [1.82, 2.24) is 0 Å². The second-order valence-electron chi connectivity index (χ2n) is 27.5. The SMILES string of the molecule is CCCCCCCCCCCCCCCCC(=O)OC[C@H](COP(=O)(O)OC[C@@H](O)COP(=O)(O)OC[C@@H](COC(=O)CCCCCCCCCCCCC)OC(=O)CCCCCCCCCCCCCCCC)OC(=O)CCCCCCCCCCCCCCC(C)C. The van der Waals surface area contributed by atoms with Gasteiger partial charge in [0.2, 0.25) is 0 Å². The maximum absolute atomic E-state index is 13.1. The van der Waals surface area contributed by atoms with E-state index in [0.29, 0.717) is 25.7 Å². The van der Waals surface area contributed by atoms with Crippen LogP contribution in [0.1, 0.15) is 394 Å². The van der Waals surface area contributed by atoms with Crippen LogP contribution in [0.2, 0.25) is 0 Å². The topological polar surface area (TPSA) is 237 Å². The van der Waals surface area contributed by atoms with Gasteiger partial charge in [0.05, 0.1) is 26.4 Å². The van der Waals surface area contributed by atoms with Crippen LogP contribution in [-0.4, -0.2) is 96.7 Å². The van der Waals surface area contributed by atoms with Gasteiger partial charge in [0.1, 0.15) is 19.3 Å². The Bertz CT molecular complexity index is 1810. The van der Waals surface area contributed by atoms with Gasteiger partial charge in [0.25, 0.3) is 0 Å². The molecule has 17 nitrogen and oxygen atoms in total. The number of esters is 4. The van der Waals surface area contributed by atoms with Crippen molar-refractivity contribution >= 4 is 39.5 Å². The Morgan fingerprint density at radius 1 is 0.287 bits per heavy atom. The van der Waals surface area contributed by atoms with Crippen LogP contribution in [0, 0.1) is 5.92 Å². The average molecular weight is 1380 g/mol. The van der Waals surface area contributed by atoms with Gasteiger partial charge in [-0.1, -0.05) is 343 Å². The molecule has 0 bridgehead atoms.